The maximum absolute atomic E-state index is 14.9. The predicted octanol–water partition coefficient (Wildman–Crippen LogP) is 7.26. The van der Waals surface area contributed by atoms with Crippen LogP contribution in [0.15, 0.2) is 94.4 Å². The third-order valence-corrected chi connectivity index (χ3v) is 5.42. The van der Waals surface area contributed by atoms with Gasteiger partial charge >= 0.3 is 6.09 Å². The second-order valence-corrected chi connectivity index (χ2v) is 9.50. The van der Waals surface area contributed by atoms with Crippen LogP contribution in [0.25, 0.3) is 11.1 Å². The minimum absolute atomic E-state index is 0.106. The molecule has 1 amide bonds. The maximum atomic E-state index is 14.9. The first-order valence-corrected chi connectivity index (χ1v) is 11.9. The van der Waals surface area contributed by atoms with Crippen LogP contribution in [0, 0.1) is 5.82 Å². The number of anilines is 1. The Balaban J connectivity index is 1.55. The Labute approximate surface area is 215 Å². The van der Waals surface area contributed by atoms with Gasteiger partial charge in [0.05, 0.1) is 5.69 Å². The van der Waals surface area contributed by atoms with E-state index in [0.717, 1.165) is 11.1 Å². The number of amides is 1. The van der Waals surface area contributed by atoms with Crippen molar-refractivity contribution in [1.82, 2.24) is 10.5 Å². The second-order valence-electron chi connectivity index (χ2n) is 9.50. The molecule has 0 bridgehead atoms. The molecule has 2 N–H and O–H groups in total. The van der Waals surface area contributed by atoms with E-state index in [1.165, 1.54) is 6.07 Å². The summed E-state index contributed by atoms with van der Waals surface area (Å²) in [5.74, 6) is -0.295. The Kier molecular flexibility index (Phi) is 7.67. The SMILES string of the molecule is CC(c1ccc(-c2ccccc2)c(F)c1)c1cc(N=C(NC(=O)OC(C)(C)C)Nc2ccccc2)on1. The van der Waals surface area contributed by atoms with E-state index in [1.807, 2.05) is 73.7 Å². The number of carbonyl (C=O) groups excluding carboxylic acids is 1. The summed E-state index contributed by atoms with van der Waals surface area (Å²) >= 11 is 0. The standard InChI is InChI=1S/C29H29FN4O3/c1-19(21-15-16-23(24(30)17-21)20-11-7-5-8-12-20)25-18-26(37-34-25)32-27(31-22-13-9-6-10-14-22)33-28(35)36-29(2,3)4/h5-19H,1-4H3,(H2,31,32,33,35). The van der Waals surface area contributed by atoms with E-state index in [0.29, 0.717) is 16.9 Å². The van der Waals surface area contributed by atoms with Crippen molar-refractivity contribution in [2.24, 2.45) is 4.99 Å². The summed E-state index contributed by atoms with van der Waals surface area (Å²) < 4.78 is 25.7. The van der Waals surface area contributed by atoms with E-state index in [4.69, 9.17) is 9.26 Å². The van der Waals surface area contributed by atoms with E-state index in [1.54, 1.807) is 32.9 Å². The van der Waals surface area contributed by atoms with Crippen molar-refractivity contribution in [3.8, 4) is 11.1 Å². The molecule has 3 aromatic carbocycles. The normalized spacial score (nSPS) is 12.6. The third-order valence-electron chi connectivity index (χ3n) is 5.42. The van der Waals surface area contributed by atoms with E-state index in [2.05, 4.69) is 20.8 Å². The van der Waals surface area contributed by atoms with Crippen LogP contribution in [0.1, 0.15) is 44.9 Å². The van der Waals surface area contributed by atoms with Crippen molar-refractivity contribution in [2.45, 2.75) is 39.2 Å². The molecule has 7 nitrogen and oxygen atoms in total. The lowest BCUT2D eigenvalue weighted by Crippen LogP contribution is -2.39. The summed E-state index contributed by atoms with van der Waals surface area (Å²) in [5.41, 5.74) is 2.69. The number of aliphatic imine (C=N–C) groups is 1. The molecule has 0 aliphatic heterocycles. The van der Waals surface area contributed by atoms with Crippen LogP contribution in [0.2, 0.25) is 0 Å². The summed E-state index contributed by atoms with van der Waals surface area (Å²) in [6.45, 7) is 7.22. The van der Waals surface area contributed by atoms with Gasteiger partial charge in [0.15, 0.2) is 0 Å². The number of hydrogen-bond donors (Lipinski definition) is 2. The first-order valence-electron chi connectivity index (χ1n) is 11.9. The summed E-state index contributed by atoms with van der Waals surface area (Å²) in [6.07, 6.45) is -0.670. The lowest BCUT2D eigenvalue weighted by Gasteiger charge is -2.20. The van der Waals surface area contributed by atoms with Crippen LogP contribution in [0.3, 0.4) is 0 Å². The van der Waals surface area contributed by atoms with Crippen molar-refractivity contribution in [1.29, 1.82) is 0 Å². The Hall–Kier alpha value is -4.46. The topological polar surface area (TPSA) is 88.8 Å². The van der Waals surface area contributed by atoms with Gasteiger partial charge in [-0.15, -0.1) is 0 Å². The maximum Gasteiger partial charge on any atom is 0.414 e. The number of carbonyl (C=O) groups is 1. The number of guanidine groups is 1. The van der Waals surface area contributed by atoms with Gasteiger partial charge in [-0.05, 0) is 50.1 Å². The molecule has 8 heteroatoms. The minimum Gasteiger partial charge on any atom is -0.444 e. The molecule has 190 valence electrons. The van der Waals surface area contributed by atoms with Crippen LogP contribution < -0.4 is 10.6 Å². The third kappa shape index (κ3) is 7.04. The molecular formula is C29H29FN4O3. The van der Waals surface area contributed by atoms with E-state index >= 15 is 0 Å². The van der Waals surface area contributed by atoms with Crippen LogP contribution in [-0.2, 0) is 4.74 Å². The van der Waals surface area contributed by atoms with Gasteiger partial charge in [-0.2, -0.15) is 4.99 Å². The number of nitrogens with one attached hydrogen (secondary N) is 2. The molecule has 0 saturated heterocycles. The van der Waals surface area contributed by atoms with Gasteiger partial charge < -0.3 is 14.6 Å². The number of rotatable bonds is 5. The molecule has 0 aliphatic carbocycles. The molecule has 4 rings (SSSR count). The highest BCUT2D eigenvalue weighted by Gasteiger charge is 2.19. The number of ether oxygens (including phenoxy) is 1. The lowest BCUT2D eigenvalue weighted by molar-refractivity contribution is 0.0563. The van der Waals surface area contributed by atoms with E-state index in [9.17, 15) is 9.18 Å². The summed E-state index contributed by atoms with van der Waals surface area (Å²) in [7, 11) is 0. The fraction of sp³-hybridized carbons (Fsp3) is 0.207. The number of hydrogen-bond acceptors (Lipinski definition) is 5. The molecule has 1 heterocycles. The Bertz CT molecular complexity index is 1380. The first-order chi connectivity index (χ1) is 17.7. The number of para-hydroxylation sites is 1. The quantitative estimate of drug-likeness (QED) is 0.222. The van der Waals surface area contributed by atoms with Crippen LogP contribution in [0.5, 0.6) is 0 Å². The predicted molar refractivity (Wildman–Crippen MR) is 142 cm³/mol. The highest BCUT2D eigenvalue weighted by atomic mass is 19.1. The molecular weight excluding hydrogens is 471 g/mol. The van der Waals surface area contributed by atoms with Crippen molar-refractivity contribution in [2.75, 3.05) is 5.32 Å². The fourth-order valence-electron chi connectivity index (χ4n) is 3.61. The summed E-state index contributed by atoms with van der Waals surface area (Å²) in [6, 6.07) is 25.4. The van der Waals surface area contributed by atoms with Gasteiger partial charge in [-0.25, -0.2) is 9.18 Å². The van der Waals surface area contributed by atoms with Crippen molar-refractivity contribution >= 4 is 23.6 Å². The van der Waals surface area contributed by atoms with Gasteiger partial charge in [0, 0.05) is 23.2 Å². The minimum atomic E-state index is -0.678. The van der Waals surface area contributed by atoms with Crippen LogP contribution in [0.4, 0.5) is 20.8 Å². The molecule has 0 radical (unpaired) electrons. The fourth-order valence-corrected chi connectivity index (χ4v) is 3.61. The van der Waals surface area contributed by atoms with Gasteiger partial charge in [-0.3, -0.25) is 5.32 Å². The van der Waals surface area contributed by atoms with E-state index in [-0.39, 0.29) is 23.6 Å². The van der Waals surface area contributed by atoms with Gasteiger partial charge in [0.2, 0.25) is 5.96 Å². The first kappa shape index (κ1) is 25.6. The molecule has 0 fully saturated rings. The van der Waals surface area contributed by atoms with Gasteiger partial charge in [-0.1, -0.05) is 72.7 Å². The number of benzene rings is 3. The number of nitrogens with zero attached hydrogens (tertiary/aromatic N) is 2. The lowest BCUT2D eigenvalue weighted by atomic mass is 9.95. The average molecular weight is 501 g/mol. The largest absolute Gasteiger partial charge is 0.444 e. The second kappa shape index (κ2) is 11.1. The highest BCUT2D eigenvalue weighted by molar-refractivity contribution is 6.03. The molecule has 0 saturated carbocycles. The summed E-state index contributed by atoms with van der Waals surface area (Å²) in [4.78, 5) is 16.8. The van der Waals surface area contributed by atoms with Crippen molar-refractivity contribution < 1.29 is 18.4 Å². The Morgan fingerprint density at radius 1 is 1.00 bits per heavy atom. The molecule has 1 unspecified atom stereocenters. The zero-order valence-electron chi connectivity index (χ0n) is 21.2. The molecule has 37 heavy (non-hydrogen) atoms. The smallest absolute Gasteiger partial charge is 0.414 e. The average Bonchev–Trinajstić information content (AvgIpc) is 3.32. The number of halogens is 1. The number of aromatic nitrogens is 1. The van der Waals surface area contributed by atoms with Gasteiger partial charge in [0.25, 0.3) is 5.88 Å². The zero-order valence-corrected chi connectivity index (χ0v) is 21.2. The zero-order chi connectivity index (χ0) is 26.4. The molecule has 0 aliphatic rings. The van der Waals surface area contributed by atoms with Crippen molar-refractivity contribution in [3.63, 3.8) is 0 Å². The highest BCUT2D eigenvalue weighted by Crippen LogP contribution is 2.30. The molecule has 1 aromatic heterocycles. The van der Waals surface area contributed by atoms with Crippen LogP contribution >= 0.6 is 0 Å². The summed E-state index contributed by atoms with van der Waals surface area (Å²) in [5, 5.41) is 9.78. The number of alkyl carbamates (subject to hydrolysis) is 1. The van der Waals surface area contributed by atoms with Crippen molar-refractivity contribution in [3.05, 3.63) is 102 Å². The molecule has 1 atom stereocenters. The Morgan fingerprint density at radius 2 is 1.68 bits per heavy atom. The van der Waals surface area contributed by atoms with Gasteiger partial charge in [0.1, 0.15) is 11.4 Å². The van der Waals surface area contributed by atoms with Crippen LogP contribution in [-0.4, -0.2) is 22.8 Å². The van der Waals surface area contributed by atoms with E-state index < -0.39 is 11.7 Å². The molecule has 4 aromatic rings. The molecule has 0 spiro atoms. The Morgan fingerprint density at radius 3 is 2.32 bits per heavy atom. The monoisotopic (exact) mass is 500 g/mol.